The summed E-state index contributed by atoms with van der Waals surface area (Å²) < 4.78 is 29.0. The summed E-state index contributed by atoms with van der Waals surface area (Å²) in [4.78, 5) is 14.1. The van der Waals surface area contributed by atoms with E-state index in [-0.39, 0.29) is 31.0 Å². The van der Waals surface area contributed by atoms with Gasteiger partial charge in [0.2, 0.25) is 5.91 Å². The first-order valence-electron chi connectivity index (χ1n) is 6.88. The second-order valence-electron chi connectivity index (χ2n) is 5.36. The van der Waals surface area contributed by atoms with Gasteiger partial charge in [-0.2, -0.15) is 12.7 Å². The summed E-state index contributed by atoms with van der Waals surface area (Å²) in [6, 6.07) is 3.47. The third-order valence-corrected chi connectivity index (χ3v) is 5.13. The predicted octanol–water partition coefficient (Wildman–Crippen LogP) is 0.715. The van der Waals surface area contributed by atoms with E-state index in [9.17, 15) is 13.2 Å². The molecular weight excluding hydrogens is 294 g/mol. The van der Waals surface area contributed by atoms with E-state index in [1.165, 1.54) is 4.31 Å². The second-order valence-corrected chi connectivity index (χ2v) is 6.91. The molecule has 7 nitrogen and oxygen atoms in total. The van der Waals surface area contributed by atoms with Gasteiger partial charge in [0.05, 0.1) is 12.3 Å². The molecule has 0 aromatic carbocycles. The summed E-state index contributed by atoms with van der Waals surface area (Å²) in [6.07, 6.45) is 2.56. The molecule has 1 aromatic heterocycles. The highest BCUT2D eigenvalue weighted by atomic mass is 32.2. The lowest BCUT2D eigenvalue weighted by Crippen LogP contribution is -2.46. The average molecular weight is 315 g/mol. The molecule has 118 valence electrons. The number of furan rings is 1. The molecule has 1 unspecified atom stereocenters. The first-order chi connectivity index (χ1) is 9.80. The molecule has 1 fully saturated rings. The van der Waals surface area contributed by atoms with Crippen LogP contribution in [-0.4, -0.2) is 43.7 Å². The van der Waals surface area contributed by atoms with Crippen molar-refractivity contribution in [2.24, 2.45) is 11.1 Å². The summed E-state index contributed by atoms with van der Waals surface area (Å²) in [7, 11) is -1.92. The smallest absolute Gasteiger partial charge is 0.276 e. The van der Waals surface area contributed by atoms with Crippen molar-refractivity contribution in [1.29, 1.82) is 0 Å². The lowest BCUT2D eigenvalue weighted by atomic mass is 9.96. The lowest BCUT2D eigenvalue weighted by molar-refractivity contribution is -0.137. The number of amides is 1. The van der Waals surface area contributed by atoms with Crippen LogP contribution >= 0.6 is 0 Å². The second kappa shape index (κ2) is 6.17. The third-order valence-electron chi connectivity index (χ3n) is 4.05. The average Bonchev–Trinajstić information content (AvgIpc) is 2.98. The summed E-state index contributed by atoms with van der Waals surface area (Å²) in [5.74, 6) is 0.561. The van der Waals surface area contributed by atoms with Crippen LogP contribution in [0.1, 0.15) is 31.6 Å². The van der Waals surface area contributed by atoms with Crippen LogP contribution in [0.15, 0.2) is 22.8 Å². The quantitative estimate of drug-likeness (QED) is 0.885. The maximum Gasteiger partial charge on any atom is 0.276 e. The van der Waals surface area contributed by atoms with E-state index in [1.54, 1.807) is 24.3 Å². The molecule has 1 amide bonds. The van der Waals surface area contributed by atoms with Gasteiger partial charge in [0.25, 0.3) is 10.2 Å². The number of rotatable bonds is 4. The molecule has 0 bridgehead atoms. The fourth-order valence-electron chi connectivity index (χ4n) is 2.56. The van der Waals surface area contributed by atoms with Crippen LogP contribution in [0.5, 0.6) is 0 Å². The van der Waals surface area contributed by atoms with Crippen LogP contribution in [0.3, 0.4) is 0 Å². The van der Waals surface area contributed by atoms with Gasteiger partial charge in [0.15, 0.2) is 0 Å². The summed E-state index contributed by atoms with van der Waals surface area (Å²) in [6.45, 7) is 2.48. The standard InChI is InChI=1S/C13H21N3O4S/c1-10(12-4-3-9-20-12)15(2)13(17)11-5-7-16(8-6-11)21(14,18)19/h3-4,9-11H,5-8H2,1-2H3,(H2,14,18,19). The van der Waals surface area contributed by atoms with Gasteiger partial charge in [-0.25, -0.2) is 5.14 Å². The number of nitrogens with zero attached hydrogens (tertiary/aromatic N) is 2. The molecule has 0 spiro atoms. The number of piperidine rings is 1. The van der Waals surface area contributed by atoms with E-state index in [0.717, 1.165) is 5.76 Å². The van der Waals surface area contributed by atoms with Crippen molar-refractivity contribution >= 4 is 16.1 Å². The SMILES string of the molecule is CC(c1ccco1)N(C)C(=O)C1CCN(S(N)(=O)=O)CC1. The van der Waals surface area contributed by atoms with E-state index < -0.39 is 10.2 Å². The molecular formula is C13H21N3O4S. The number of hydrogen-bond donors (Lipinski definition) is 1. The lowest BCUT2D eigenvalue weighted by Gasteiger charge is -2.33. The van der Waals surface area contributed by atoms with Crippen LogP contribution in [0.4, 0.5) is 0 Å². The van der Waals surface area contributed by atoms with Gasteiger partial charge in [-0.15, -0.1) is 0 Å². The van der Waals surface area contributed by atoms with Crippen LogP contribution < -0.4 is 5.14 Å². The molecule has 8 heteroatoms. The Morgan fingerprint density at radius 1 is 1.48 bits per heavy atom. The third kappa shape index (κ3) is 3.63. The molecule has 2 N–H and O–H groups in total. The zero-order valence-electron chi connectivity index (χ0n) is 12.2. The van der Waals surface area contributed by atoms with Crippen LogP contribution in [-0.2, 0) is 15.0 Å². The van der Waals surface area contributed by atoms with E-state index in [0.29, 0.717) is 12.8 Å². The Bertz CT molecular complexity index is 577. The van der Waals surface area contributed by atoms with E-state index >= 15 is 0 Å². The first-order valence-corrected chi connectivity index (χ1v) is 8.39. The molecule has 1 saturated heterocycles. The van der Waals surface area contributed by atoms with Crippen molar-refractivity contribution in [2.75, 3.05) is 20.1 Å². The summed E-state index contributed by atoms with van der Waals surface area (Å²) in [5.41, 5.74) is 0. The highest BCUT2D eigenvalue weighted by molar-refractivity contribution is 7.86. The largest absolute Gasteiger partial charge is 0.467 e. The Morgan fingerprint density at radius 3 is 2.57 bits per heavy atom. The van der Waals surface area contributed by atoms with Crippen molar-refractivity contribution < 1.29 is 17.6 Å². The first kappa shape index (κ1) is 16.0. The van der Waals surface area contributed by atoms with Gasteiger partial charge in [-0.1, -0.05) is 0 Å². The Morgan fingerprint density at radius 2 is 2.10 bits per heavy atom. The molecule has 21 heavy (non-hydrogen) atoms. The molecule has 0 radical (unpaired) electrons. The normalized spacial score (nSPS) is 19.4. The van der Waals surface area contributed by atoms with E-state index in [4.69, 9.17) is 9.56 Å². The van der Waals surface area contributed by atoms with Crippen LogP contribution in [0.25, 0.3) is 0 Å². The van der Waals surface area contributed by atoms with Gasteiger partial charge < -0.3 is 9.32 Å². The Labute approximate surface area is 124 Å². The highest BCUT2D eigenvalue weighted by Gasteiger charge is 2.32. The monoisotopic (exact) mass is 315 g/mol. The van der Waals surface area contributed by atoms with E-state index in [1.807, 2.05) is 13.0 Å². The maximum atomic E-state index is 12.5. The Kier molecular flexibility index (Phi) is 4.70. The van der Waals surface area contributed by atoms with Crippen molar-refractivity contribution in [2.45, 2.75) is 25.8 Å². The predicted molar refractivity (Wildman–Crippen MR) is 77.3 cm³/mol. The molecule has 1 aliphatic heterocycles. The summed E-state index contributed by atoms with van der Waals surface area (Å²) >= 11 is 0. The van der Waals surface area contributed by atoms with Gasteiger partial charge in [0, 0.05) is 26.1 Å². The Balaban J connectivity index is 1.95. The topological polar surface area (TPSA) is 96.8 Å². The molecule has 2 rings (SSSR count). The minimum atomic E-state index is -3.65. The molecule has 1 aromatic rings. The van der Waals surface area contributed by atoms with Crippen molar-refractivity contribution in [3.8, 4) is 0 Å². The van der Waals surface area contributed by atoms with Gasteiger partial charge in [-0.3, -0.25) is 4.79 Å². The summed E-state index contributed by atoms with van der Waals surface area (Å²) in [5, 5.41) is 5.09. The van der Waals surface area contributed by atoms with Crippen LogP contribution in [0.2, 0.25) is 0 Å². The zero-order valence-corrected chi connectivity index (χ0v) is 13.0. The van der Waals surface area contributed by atoms with Gasteiger partial charge in [-0.05, 0) is 31.9 Å². The minimum absolute atomic E-state index is 0.00738. The van der Waals surface area contributed by atoms with E-state index in [2.05, 4.69) is 0 Å². The zero-order chi connectivity index (χ0) is 15.6. The number of hydrogen-bond acceptors (Lipinski definition) is 4. The molecule has 2 heterocycles. The minimum Gasteiger partial charge on any atom is -0.467 e. The molecule has 1 atom stereocenters. The van der Waals surface area contributed by atoms with Crippen LogP contribution in [0, 0.1) is 5.92 Å². The maximum absolute atomic E-state index is 12.5. The number of nitrogens with two attached hydrogens (primary N) is 1. The fourth-order valence-corrected chi connectivity index (χ4v) is 3.28. The van der Waals surface area contributed by atoms with Gasteiger partial charge in [0.1, 0.15) is 5.76 Å². The number of carbonyl (C=O) groups excluding carboxylic acids is 1. The van der Waals surface area contributed by atoms with Gasteiger partial charge >= 0.3 is 0 Å². The molecule has 1 aliphatic rings. The Hall–Kier alpha value is -1.38. The van der Waals surface area contributed by atoms with Crippen molar-refractivity contribution in [3.05, 3.63) is 24.2 Å². The van der Waals surface area contributed by atoms with Crippen molar-refractivity contribution in [3.63, 3.8) is 0 Å². The fraction of sp³-hybridized carbons (Fsp3) is 0.615. The molecule has 0 aliphatic carbocycles. The number of carbonyl (C=O) groups is 1. The highest BCUT2D eigenvalue weighted by Crippen LogP contribution is 2.25. The molecule has 0 saturated carbocycles. The van der Waals surface area contributed by atoms with Crippen molar-refractivity contribution in [1.82, 2.24) is 9.21 Å².